The third-order valence-electron chi connectivity index (χ3n) is 3.62. The molecule has 1 amide bonds. The zero-order chi connectivity index (χ0) is 18.5. The van der Waals surface area contributed by atoms with Crippen molar-refractivity contribution in [1.29, 1.82) is 0 Å². The number of amides is 1. The highest BCUT2D eigenvalue weighted by atomic mass is 79.9. The maximum atomic E-state index is 12.7. The minimum absolute atomic E-state index is 0.0520. The van der Waals surface area contributed by atoms with Crippen LogP contribution in [0.1, 0.15) is 27.8 Å². The lowest BCUT2D eigenvalue weighted by Gasteiger charge is -2.12. The van der Waals surface area contributed by atoms with Crippen molar-refractivity contribution in [1.82, 2.24) is 9.55 Å². The Balaban J connectivity index is 2.03. The number of imidazole rings is 1. The summed E-state index contributed by atoms with van der Waals surface area (Å²) in [6.07, 6.45) is 1.48. The number of nitrogens with zero attached hydrogens (tertiary/aromatic N) is 2. The molecule has 0 aliphatic carbocycles. The molecule has 0 aliphatic rings. The maximum absolute atomic E-state index is 12.7. The van der Waals surface area contributed by atoms with Gasteiger partial charge in [-0.1, -0.05) is 30.3 Å². The highest BCUT2D eigenvalue weighted by Crippen LogP contribution is 2.23. The van der Waals surface area contributed by atoms with Gasteiger partial charge in [0.05, 0.1) is 12.2 Å². The molecule has 0 radical (unpaired) electrons. The molecule has 0 atom stereocenters. The van der Waals surface area contributed by atoms with Crippen molar-refractivity contribution in [2.24, 2.45) is 0 Å². The number of hydrogen-bond acceptors (Lipinski definition) is 4. The van der Waals surface area contributed by atoms with Crippen molar-refractivity contribution < 1.29 is 14.3 Å². The van der Waals surface area contributed by atoms with Gasteiger partial charge in [-0.05, 0) is 47.1 Å². The Morgan fingerprint density at radius 1 is 1.12 bits per heavy atom. The second-order valence-electron chi connectivity index (χ2n) is 5.30. The van der Waals surface area contributed by atoms with E-state index in [1.165, 1.54) is 6.33 Å². The summed E-state index contributed by atoms with van der Waals surface area (Å²) in [5, 5.41) is 2.78. The number of halogens is 1. The number of esters is 1. The number of hydrogen-bond donors (Lipinski definition) is 1. The third kappa shape index (κ3) is 3.67. The lowest BCUT2D eigenvalue weighted by atomic mass is 10.2. The van der Waals surface area contributed by atoms with Crippen LogP contribution in [-0.4, -0.2) is 28.0 Å². The molecule has 0 bridgehead atoms. The monoisotopic (exact) mass is 413 g/mol. The van der Waals surface area contributed by atoms with Gasteiger partial charge < -0.3 is 10.1 Å². The average Bonchev–Trinajstić information content (AvgIpc) is 3.06. The molecule has 0 aliphatic heterocycles. The van der Waals surface area contributed by atoms with Gasteiger partial charge in [0.25, 0.3) is 5.91 Å². The van der Waals surface area contributed by atoms with Gasteiger partial charge in [-0.2, -0.15) is 0 Å². The lowest BCUT2D eigenvalue weighted by Crippen LogP contribution is -2.18. The summed E-state index contributed by atoms with van der Waals surface area (Å²) in [5.41, 5.74) is 1.26. The van der Waals surface area contributed by atoms with Crippen LogP contribution in [0.2, 0.25) is 0 Å². The van der Waals surface area contributed by atoms with Crippen molar-refractivity contribution in [2.45, 2.75) is 6.92 Å². The summed E-state index contributed by atoms with van der Waals surface area (Å²) in [6.45, 7) is 1.93. The van der Waals surface area contributed by atoms with Crippen molar-refractivity contribution in [3.05, 3.63) is 76.7 Å². The summed E-state index contributed by atoms with van der Waals surface area (Å²) in [6, 6.07) is 16.3. The van der Waals surface area contributed by atoms with Gasteiger partial charge in [-0.3, -0.25) is 9.36 Å². The Labute approximate surface area is 158 Å². The van der Waals surface area contributed by atoms with E-state index in [4.69, 9.17) is 4.74 Å². The largest absolute Gasteiger partial charge is 0.461 e. The number of anilines is 1. The van der Waals surface area contributed by atoms with Crippen LogP contribution >= 0.6 is 15.9 Å². The van der Waals surface area contributed by atoms with Gasteiger partial charge in [0.15, 0.2) is 11.5 Å². The first-order valence-electron chi connectivity index (χ1n) is 7.97. The minimum Gasteiger partial charge on any atom is -0.461 e. The van der Waals surface area contributed by atoms with Gasteiger partial charge in [0, 0.05) is 10.2 Å². The van der Waals surface area contributed by atoms with Crippen molar-refractivity contribution in [3.63, 3.8) is 0 Å². The fourth-order valence-electron chi connectivity index (χ4n) is 2.42. The van der Waals surface area contributed by atoms with Gasteiger partial charge in [-0.15, -0.1) is 0 Å². The van der Waals surface area contributed by atoms with Crippen molar-refractivity contribution >= 4 is 33.6 Å². The molecule has 0 saturated carbocycles. The van der Waals surface area contributed by atoms with E-state index in [2.05, 4.69) is 26.2 Å². The third-order valence-corrected chi connectivity index (χ3v) is 4.31. The van der Waals surface area contributed by atoms with E-state index in [0.29, 0.717) is 10.0 Å². The first-order chi connectivity index (χ1) is 12.6. The molecule has 3 aromatic rings. The molecular formula is C19H16BrN3O3. The summed E-state index contributed by atoms with van der Waals surface area (Å²) in [5.74, 6) is -0.694. The summed E-state index contributed by atoms with van der Waals surface area (Å²) in [7, 11) is 0. The molecule has 1 N–H and O–H groups in total. The zero-order valence-electron chi connectivity index (χ0n) is 14.0. The summed E-state index contributed by atoms with van der Waals surface area (Å²) < 4.78 is 7.35. The van der Waals surface area contributed by atoms with Crippen LogP contribution in [0.4, 0.5) is 5.82 Å². The van der Waals surface area contributed by atoms with E-state index in [-0.39, 0.29) is 24.0 Å². The first-order valence-corrected chi connectivity index (χ1v) is 8.77. The lowest BCUT2D eigenvalue weighted by molar-refractivity contribution is 0.0521. The molecule has 26 heavy (non-hydrogen) atoms. The van der Waals surface area contributed by atoms with Crippen LogP contribution in [0.15, 0.2) is 65.4 Å². The Morgan fingerprint density at radius 3 is 2.50 bits per heavy atom. The Morgan fingerprint density at radius 2 is 1.81 bits per heavy atom. The van der Waals surface area contributed by atoms with Crippen LogP contribution in [0, 0.1) is 0 Å². The Hall–Kier alpha value is -2.93. The fourth-order valence-corrected chi connectivity index (χ4v) is 2.89. The standard InChI is InChI=1S/C19H16BrN3O3/c1-2-26-19(25)16-17(22-18(24)14-10-6-7-11-15(14)20)23(12-21-16)13-8-4-3-5-9-13/h3-12H,2H2,1H3,(H,22,24). The van der Waals surface area contributed by atoms with Crippen LogP contribution in [0.25, 0.3) is 5.69 Å². The van der Waals surface area contributed by atoms with Gasteiger partial charge in [-0.25, -0.2) is 9.78 Å². The van der Waals surface area contributed by atoms with Gasteiger partial charge in [0.2, 0.25) is 0 Å². The molecular weight excluding hydrogens is 398 g/mol. The van der Waals surface area contributed by atoms with Crippen LogP contribution in [-0.2, 0) is 4.74 Å². The van der Waals surface area contributed by atoms with Crippen LogP contribution in [0.5, 0.6) is 0 Å². The first kappa shape index (κ1) is 17.9. The van der Waals surface area contributed by atoms with Gasteiger partial charge in [0.1, 0.15) is 6.33 Å². The summed E-state index contributed by atoms with van der Waals surface area (Å²) >= 11 is 3.36. The normalized spacial score (nSPS) is 10.4. The maximum Gasteiger partial charge on any atom is 0.360 e. The van der Waals surface area contributed by atoms with E-state index in [0.717, 1.165) is 5.69 Å². The fraction of sp³-hybridized carbons (Fsp3) is 0.105. The number of ether oxygens (including phenoxy) is 1. The number of carbonyl (C=O) groups is 2. The van der Waals surface area contributed by atoms with E-state index in [1.807, 2.05) is 36.4 Å². The zero-order valence-corrected chi connectivity index (χ0v) is 15.6. The highest BCUT2D eigenvalue weighted by Gasteiger charge is 2.23. The second-order valence-corrected chi connectivity index (χ2v) is 6.16. The van der Waals surface area contributed by atoms with E-state index < -0.39 is 5.97 Å². The predicted octanol–water partition coefficient (Wildman–Crippen LogP) is 4.06. The molecule has 3 rings (SSSR count). The van der Waals surface area contributed by atoms with E-state index >= 15 is 0 Å². The number of nitrogens with one attached hydrogen (secondary N) is 1. The average molecular weight is 414 g/mol. The molecule has 132 valence electrons. The topological polar surface area (TPSA) is 73.2 Å². The molecule has 2 aromatic carbocycles. The van der Waals surface area contributed by atoms with Gasteiger partial charge >= 0.3 is 5.97 Å². The number of para-hydroxylation sites is 1. The SMILES string of the molecule is CCOC(=O)c1ncn(-c2ccccc2)c1NC(=O)c1ccccc1Br. The molecule has 7 heteroatoms. The van der Waals surface area contributed by atoms with Crippen molar-refractivity contribution in [2.75, 3.05) is 11.9 Å². The smallest absolute Gasteiger partial charge is 0.360 e. The molecule has 0 spiro atoms. The summed E-state index contributed by atoms with van der Waals surface area (Å²) in [4.78, 5) is 29.1. The highest BCUT2D eigenvalue weighted by molar-refractivity contribution is 9.10. The quantitative estimate of drug-likeness (QED) is 0.639. The Kier molecular flexibility index (Phi) is 5.48. The molecule has 0 saturated heterocycles. The molecule has 6 nitrogen and oxygen atoms in total. The predicted molar refractivity (Wildman–Crippen MR) is 102 cm³/mol. The van der Waals surface area contributed by atoms with Crippen molar-refractivity contribution in [3.8, 4) is 5.69 Å². The Bertz CT molecular complexity index is 938. The molecule has 0 unspecified atom stereocenters. The number of aromatic nitrogens is 2. The second kappa shape index (κ2) is 7.97. The van der Waals surface area contributed by atoms with Crippen LogP contribution in [0.3, 0.4) is 0 Å². The number of carbonyl (C=O) groups excluding carboxylic acids is 2. The molecule has 1 aromatic heterocycles. The molecule has 0 fully saturated rings. The van der Waals surface area contributed by atoms with E-state index in [9.17, 15) is 9.59 Å². The molecule has 1 heterocycles. The minimum atomic E-state index is -0.593. The van der Waals surface area contributed by atoms with E-state index in [1.54, 1.807) is 29.7 Å². The van der Waals surface area contributed by atoms with Crippen LogP contribution < -0.4 is 5.32 Å². The number of rotatable bonds is 5. The number of benzene rings is 2.